The minimum Gasteiger partial charge on any atom is -0.298 e. The van der Waals surface area contributed by atoms with Gasteiger partial charge in [0.05, 0.1) is 0 Å². The SMILES string of the molecule is C[C@H]1C=C(C=O)C(C=O)=CC2CC(C)(C)CC21. The molecular weight excluding hydrogens is 212 g/mol. The topological polar surface area (TPSA) is 34.1 Å². The predicted octanol–water partition coefficient (Wildman–Crippen LogP) is 2.94. The average Bonchev–Trinajstić information content (AvgIpc) is 2.52. The Balaban J connectivity index is 2.39. The van der Waals surface area contributed by atoms with Crippen molar-refractivity contribution in [3.8, 4) is 0 Å². The lowest BCUT2D eigenvalue weighted by molar-refractivity contribution is -0.107. The molecule has 3 atom stereocenters. The summed E-state index contributed by atoms with van der Waals surface area (Å²) in [5.41, 5.74) is 1.50. The van der Waals surface area contributed by atoms with Gasteiger partial charge in [0.15, 0.2) is 0 Å². The van der Waals surface area contributed by atoms with Crippen molar-refractivity contribution in [3.05, 3.63) is 23.3 Å². The number of hydrogen-bond acceptors (Lipinski definition) is 2. The van der Waals surface area contributed by atoms with Crippen LogP contribution in [0.4, 0.5) is 0 Å². The summed E-state index contributed by atoms with van der Waals surface area (Å²) >= 11 is 0. The second kappa shape index (κ2) is 4.25. The summed E-state index contributed by atoms with van der Waals surface area (Å²) in [6.07, 6.45) is 7.91. The van der Waals surface area contributed by atoms with E-state index in [0.29, 0.717) is 34.3 Å². The van der Waals surface area contributed by atoms with E-state index < -0.39 is 0 Å². The molecule has 0 bridgehead atoms. The van der Waals surface area contributed by atoms with Crippen LogP contribution in [0.3, 0.4) is 0 Å². The zero-order chi connectivity index (χ0) is 12.6. The van der Waals surface area contributed by atoms with Gasteiger partial charge in [-0.15, -0.1) is 0 Å². The van der Waals surface area contributed by atoms with Gasteiger partial charge >= 0.3 is 0 Å². The van der Waals surface area contributed by atoms with Crippen molar-refractivity contribution in [1.29, 1.82) is 0 Å². The van der Waals surface area contributed by atoms with Crippen LogP contribution in [-0.2, 0) is 9.59 Å². The van der Waals surface area contributed by atoms with Crippen molar-refractivity contribution in [3.63, 3.8) is 0 Å². The molecule has 92 valence electrons. The van der Waals surface area contributed by atoms with Crippen LogP contribution in [0.25, 0.3) is 0 Å². The lowest BCUT2D eigenvalue weighted by Gasteiger charge is -2.20. The highest BCUT2D eigenvalue weighted by atomic mass is 16.1. The summed E-state index contributed by atoms with van der Waals surface area (Å²) in [7, 11) is 0. The Labute approximate surface area is 103 Å². The maximum Gasteiger partial charge on any atom is 0.150 e. The third-order valence-electron chi connectivity index (χ3n) is 4.23. The van der Waals surface area contributed by atoms with Gasteiger partial charge in [-0.2, -0.15) is 0 Å². The molecule has 0 spiro atoms. The first-order valence-corrected chi connectivity index (χ1v) is 6.31. The van der Waals surface area contributed by atoms with Gasteiger partial charge in [-0.05, 0) is 36.0 Å². The summed E-state index contributed by atoms with van der Waals surface area (Å²) in [4.78, 5) is 22.1. The summed E-state index contributed by atoms with van der Waals surface area (Å²) in [5.74, 6) is 1.38. The lowest BCUT2D eigenvalue weighted by Crippen LogP contribution is -2.13. The molecule has 0 amide bonds. The molecule has 2 heteroatoms. The van der Waals surface area contributed by atoms with Gasteiger partial charge < -0.3 is 0 Å². The molecule has 0 heterocycles. The van der Waals surface area contributed by atoms with Gasteiger partial charge in [0.1, 0.15) is 12.6 Å². The zero-order valence-electron chi connectivity index (χ0n) is 10.8. The number of carbonyl (C=O) groups is 2. The molecule has 1 fully saturated rings. The van der Waals surface area contributed by atoms with E-state index in [9.17, 15) is 9.59 Å². The van der Waals surface area contributed by atoms with E-state index >= 15 is 0 Å². The van der Waals surface area contributed by atoms with Crippen molar-refractivity contribution in [2.45, 2.75) is 33.6 Å². The highest BCUT2D eigenvalue weighted by molar-refractivity contribution is 5.94. The van der Waals surface area contributed by atoms with Crippen LogP contribution in [0.15, 0.2) is 23.3 Å². The van der Waals surface area contributed by atoms with Gasteiger partial charge in [-0.3, -0.25) is 9.59 Å². The maximum absolute atomic E-state index is 11.1. The third-order valence-corrected chi connectivity index (χ3v) is 4.23. The molecule has 2 unspecified atom stereocenters. The highest BCUT2D eigenvalue weighted by Crippen LogP contribution is 2.50. The summed E-state index contributed by atoms with van der Waals surface area (Å²) < 4.78 is 0. The van der Waals surface area contributed by atoms with E-state index in [0.717, 1.165) is 19.0 Å². The van der Waals surface area contributed by atoms with Crippen LogP contribution in [0.5, 0.6) is 0 Å². The molecule has 2 nitrogen and oxygen atoms in total. The first-order valence-electron chi connectivity index (χ1n) is 6.31. The van der Waals surface area contributed by atoms with E-state index in [-0.39, 0.29) is 0 Å². The number of fused-ring (bicyclic) bond motifs is 1. The fourth-order valence-electron chi connectivity index (χ4n) is 3.47. The molecule has 2 aliphatic rings. The van der Waals surface area contributed by atoms with Crippen LogP contribution < -0.4 is 0 Å². The Bertz CT molecular complexity index is 401. The van der Waals surface area contributed by atoms with Gasteiger partial charge in [0.2, 0.25) is 0 Å². The Kier molecular flexibility index (Phi) is 3.07. The van der Waals surface area contributed by atoms with Crippen molar-refractivity contribution in [2.75, 3.05) is 0 Å². The Hall–Kier alpha value is -1.18. The largest absolute Gasteiger partial charge is 0.298 e. The zero-order valence-corrected chi connectivity index (χ0v) is 10.8. The predicted molar refractivity (Wildman–Crippen MR) is 67.5 cm³/mol. The lowest BCUT2D eigenvalue weighted by atomic mass is 9.84. The van der Waals surface area contributed by atoms with Crippen molar-refractivity contribution in [1.82, 2.24) is 0 Å². The van der Waals surface area contributed by atoms with Crippen molar-refractivity contribution in [2.24, 2.45) is 23.2 Å². The van der Waals surface area contributed by atoms with Crippen LogP contribution >= 0.6 is 0 Å². The fourth-order valence-corrected chi connectivity index (χ4v) is 3.47. The number of carbonyl (C=O) groups excluding carboxylic acids is 2. The monoisotopic (exact) mass is 232 g/mol. The second-order valence-corrected chi connectivity index (χ2v) is 6.24. The highest BCUT2D eigenvalue weighted by Gasteiger charge is 2.41. The van der Waals surface area contributed by atoms with Crippen LogP contribution in [0.2, 0.25) is 0 Å². The van der Waals surface area contributed by atoms with E-state index in [1.807, 2.05) is 12.2 Å². The summed E-state index contributed by atoms with van der Waals surface area (Å²) in [5, 5.41) is 0. The molecule has 2 rings (SSSR count). The Morgan fingerprint density at radius 1 is 1.12 bits per heavy atom. The summed E-state index contributed by atoms with van der Waals surface area (Å²) in [6.45, 7) is 6.73. The molecule has 0 N–H and O–H groups in total. The van der Waals surface area contributed by atoms with Crippen LogP contribution in [0, 0.1) is 23.2 Å². The van der Waals surface area contributed by atoms with Crippen molar-refractivity contribution >= 4 is 12.6 Å². The molecule has 0 aromatic rings. The van der Waals surface area contributed by atoms with Gasteiger partial charge in [0, 0.05) is 11.1 Å². The molecule has 1 saturated carbocycles. The van der Waals surface area contributed by atoms with Gasteiger partial charge in [-0.1, -0.05) is 32.9 Å². The molecule has 0 aliphatic heterocycles. The van der Waals surface area contributed by atoms with Gasteiger partial charge in [-0.25, -0.2) is 0 Å². The number of aldehydes is 2. The normalized spacial score (nSPS) is 35.4. The molecule has 0 aromatic heterocycles. The molecule has 2 aliphatic carbocycles. The van der Waals surface area contributed by atoms with Crippen molar-refractivity contribution < 1.29 is 9.59 Å². The van der Waals surface area contributed by atoms with E-state index in [4.69, 9.17) is 0 Å². The molecule has 0 saturated heterocycles. The third kappa shape index (κ3) is 2.26. The number of rotatable bonds is 2. The van der Waals surface area contributed by atoms with E-state index in [2.05, 4.69) is 20.8 Å². The molecule has 0 radical (unpaired) electrons. The standard InChI is InChI=1S/C15H20O2/c1-10-4-12(8-16)13(9-17)5-11-6-15(2,3)7-14(10)11/h4-5,8-11,14H,6-7H2,1-3H3/t10-,11?,14?/m0/s1. The Morgan fingerprint density at radius 2 is 1.71 bits per heavy atom. The first kappa shape index (κ1) is 12.3. The minimum absolute atomic E-state index is 0.348. The Morgan fingerprint density at radius 3 is 2.29 bits per heavy atom. The van der Waals surface area contributed by atoms with Crippen LogP contribution in [0.1, 0.15) is 33.6 Å². The summed E-state index contributed by atoms with van der Waals surface area (Å²) in [6, 6.07) is 0. The molecule has 17 heavy (non-hydrogen) atoms. The first-order chi connectivity index (χ1) is 7.96. The van der Waals surface area contributed by atoms with Crippen LogP contribution in [-0.4, -0.2) is 12.6 Å². The number of hydrogen-bond donors (Lipinski definition) is 0. The van der Waals surface area contributed by atoms with Gasteiger partial charge in [0.25, 0.3) is 0 Å². The maximum atomic E-state index is 11.1. The molecular formula is C15H20O2. The van der Waals surface area contributed by atoms with E-state index in [1.54, 1.807) is 0 Å². The average molecular weight is 232 g/mol. The quantitative estimate of drug-likeness (QED) is 0.686. The second-order valence-electron chi connectivity index (χ2n) is 6.24. The fraction of sp³-hybridized carbons (Fsp3) is 0.600. The number of allylic oxidation sites excluding steroid dienone is 4. The smallest absolute Gasteiger partial charge is 0.150 e. The van der Waals surface area contributed by atoms with E-state index in [1.165, 1.54) is 6.42 Å². The molecule has 0 aromatic carbocycles. The minimum atomic E-state index is 0.348.